The largest absolute Gasteiger partial charge is 0.573 e. The maximum Gasteiger partial charge on any atom is 0.573 e. The van der Waals surface area contributed by atoms with E-state index >= 15 is 0 Å². The van der Waals surface area contributed by atoms with Crippen molar-refractivity contribution < 1.29 is 27.2 Å². The number of ether oxygens (including phenoxy) is 1. The van der Waals surface area contributed by atoms with Gasteiger partial charge in [-0.05, 0) is 31.2 Å². The molecule has 0 fully saturated rings. The number of alkyl halides is 3. The molecule has 1 heterocycles. The quantitative estimate of drug-likeness (QED) is 0.921. The van der Waals surface area contributed by atoms with Crippen molar-refractivity contribution in [1.29, 1.82) is 0 Å². The highest BCUT2D eigenvalue weighted by molar-refractivity contribution is 5.94. The first-order valence-corrected chi connectivity index (χ1v) is 6.40. The van der Waals surface area contributed by atoms with E-state index in [1.807, 2.05) is 0 Å². The minimum atomic E-state index is -4.75. The molecule has 118 valence electrons. The van der Waals surface area contributed by atoms with Gasteiger partial charge in [0.1, 0.15) is 11.5 Å². The smallest absolute Gasteiger partial charge is 0.406 e. The van der Waals surface area contributed by atoms with Gasteiger partial charge >= 0.3 is 6.36 Å². The second-order valence-electron chi connectivity index (χ2n) is 4.51. The van der Waals surface area contributed by atoms with Crippen molar-refractivity contribution in [3.8, 4) is 5.75 Å². The highest BCUT2D eigenvalue weighted by atomic mass is 19.4. The number of rotatable bonds is 5. The van der Waals surface area contributed by atoms with Crippen LogP contribution < -0.4 is 10.1 Å². The van der Waals surface area contributed by atoms with Gasteiger partial charge in [-0.1, -0.05) is 5.16 Å². The molecule has 0 aliphatic rings. The van der Waals surface area contributed by atoms with E-state index in [2.05, 4.69) is 15.2 Å². The van der Waals surface area contributed by atoms with Crippen LogP contribution in [0.2, 0.25) is 0 Å². The van der Waals surface area contributed by atoms with E-state index < -0.39 is 12.3 Å². The summed E-state index contributed by atoms with van der Waals surface area (Å²) >= 11 is 0. The molecule has 2 rings (SSSR count). The van der Waals surface area contributed by atoms with E-state index in [9.17, 15) is 18.0 Å². The Balaban J connectivity index is 1.84. The first kappa shape index (κ1) is 15.9. The van der Waals surface area contributed by atoms with Crippen LogP contribution in [0.5, 0.6) is 5.75 Å². The minimum Gasteiger partial charge on any atom is -0.406 e. The Hall–Kier alpha value is -2.51. The Morgan fingerprint density at radius 2 is 2.00 bits per heavy atom. The summed E-state index contributed by atoms with van der Waals surface area (Å²) in [5.74, 6) is -0.122. The number of halogens is 3. The van der Waals surface area contributed by atoms with E-state index in [4.69, 9.17) is 4.52 Å². The minimum absolute atomic E-state index is 0.239. The van der Waals surface area contributed by atoms with Crippen LogP contribution in [0, 0.1) is 6.92 Å². The first-order valence-electron chi connectivity index (χ1n) is 6.40. The van der Waals surface area contributed by atoms with E-state index in [0.717, 1.165) is 17.8 Å². The highest BCUT2D eigenvalue weighted by Crippen LogP contribution is 2.22. The standard InChI is InChI=1S/C14H13F3N2O3/c1-9-8-12(22-19-9)6-7-18-13(20)10-2-4-11(5-3-10)21-14(15,16)17/h2-5,8H,6-7H2,1H3,(H,18,20). The van der Waals surface area contributed by atoms with Gasteiger partial charge in [0, 0.05) is 24.6 Å². The van der Waals surface area contributed by atoms with Crippen LogP contribution >= 0.6 is 0 Å². The van der Waals surface area contributed by atoms with Crippen molar-refractivity contribution in [1.82, 2.24) is 10.5 Å². The molecule has 0 saturated heterocycles. The van der Waals surface area contributed by atoms with Gasteiger partial charge in [-0.15, -0.1) is 13.2 Å². The molecule has 0 atom stereocenters. The van der Waals surface area contributed by atoms with Crippen molar-refractivity contribution in [2.75, 3.05) is 6.54 Å². The van der Waals surface area contributed by atoms with Crippen molar-refractivity contribution in [2.45, 2.75) is 19.7 Å². The lowest BCUT2D eigenvalue weighted by Crippen LogP contribution is -2.25. The molecule has 0 spiro atoms. The van der Waals surface area contributed by atoms with E-state index in [-0.39, 0.29) is 11.3 Å². The van der Waals surface area contributed by atoms with E-state index in [0.29, 0.717) is 18.7 Å². The molecule has 0 radical (unpaired) electrons. The zero-order chi connectivity index (χ0) is 16.2. The molecule has 0 bridgehead atoms. The number of aryl methyl sites for hydroxylation is 1. The lowest BCUT2D eigenvalue weighted by atomic mass is 10.2. The average molecular weight is 314 g/mol. The summed E-state index contributed by atoms with van der Waals surface area (Å²) < 4.78 is 44.8. The van der Waals surface area contributed by atoms with Crippen molar-refractivity contribution in [3.05, 3.63) is 47.3 Å². The Labute approximate surface area is 124 Å². The molecule has 22 heavy (non-hydrogen) atoms. The van der Waals surface area contributed by atoms with Crippen LogP contribution in [-0.2, 0) is 6.42 Å². The molecule has 5 nitrogen and oxygen atoms in total. The molecule has 1 amide bonds. The van der Waals surface area contributed by atoms with Crippen LogP contribution in [0.4, 0.5) is 13.2 Å². The molecular weight excluding hydrogens is 301 g/mol. The summed E-state index contributed by atoms with van der Waals surface area (Å²) in [6, 6.07) is 6.45. The van der Waals surface area contributed by atoms with Crippen LogP contribution in [0.25, 0.3) is 0 Å². The van der Waals surface area contributed by atoms with Gasteiger partial charge in [0.05, 0.1) is 5.69 Å². The van der Waals surface area contributed by atoms with Gasteiger partial charge in [-0.3, -0.25) is 4.79 Å². The van der Waals surface area contributed by atoms with Crippen molar-refractivity contribution in [3.63, 3.8) is 0 Å². The number of nitrogens with zero attached hydrogens (tertiary/aromatic N) is 1. The third-order valence-corrected chi connectivity index (χ3v) is 2.68. The zero-order valence-electron chi connectivity index (χ0n) is 11.6. The van der Waals surface area contributed by atoms with Gasteiger partial charge in [-0.2, -0.15) is 0 Å². The summed E-state index contributed by atoms with van der Waals surface area (Å²) in [5, 5.41) is 6.35. The van der Waals surface area contributed by atoms with Gasteiger partial charge in [0.2, 0.25) is 0 Å². The summed E-state index contributed by atoms with van der Waals surface area (Å²) in [6.07, 6.45) is -4.28. The molecule has 1 aromatic carbocycles. The van der Waals surface area contributed by atoms with Crippen LogP contribution in [0.3, 0.4) is 0 Å². The normalized spacial score (nSPS) is 11.3. The van der Waals surface area contributed by atoms with Gasteiger partial charge in [0.15, 0.2) is 0 Å². The molecule has 0 aliphatic carbocycles. The first-order chi connectivity index (χ1) is 10.3. The SMILES string of the molecule is Cc1cc(CCNC(=O)c2ccc(OC(F)(F)F)cc2)on1. The number of carbonyl (C=O) groups is 1. The van der Waals surface area contributed by atoms with Gasteiger partial charge in [0.25, 0.3) is 5.91 Å². The Morgan fingerprint density at radius 3 is 2.55 bits per heavy atom. The molecule has 2 aromatic rings. The number of amides is 1. The highest BCUT2D eigenvalue weighted by Gasteiger charge is 2.31. The molecule has 0 unspecified atom stereocenters. The maximum absolute atomic E-state index is 12.0. The summed E-state index contributed by atoms with van der Waals surface area (Å²) in [6.45, 7) is 2.12. The Bertz CT molecular complexity index is 636. The Kier molecular flexibility index (Phi) is 4.69. The lowest BCUT2D eigenvalue weighted by molar-refractivity contribution is -0.274. The Morgan fingerprint density at radius 1 is 1.32 bits per heavy atom. The fourth-order valence-electron chi connectivity index (χ4n) is 1.74. The van der Waals surface area contributed by atoms with Crippen molar-refractivity contribution >= 4 is 5.91 Å². The molecule has 0 aliphatic heterocycles. The van der Waals surface area contributed by atoms with Gasteiger partial charge < -0.3 is 14.6 Å². The second kappa shape index (κ2) is 6.50. The number of hydrogen-bond donors (Lipinski definition) is 1. The summed E-state index contributed by atoms with van der Waals surface area (Å²) in [7, 11) is 0. The number of hydrogen-bond acceptors (Lipinski definition) is 4. The third-order valence-electron chi connectivity index (χ3n) is 2.68. The third kappa shape index (κ3) is 4.80. The maximum atomic E-state index is 12.0. The number of benzene rings is 1. The van der Waals surface area contributed by atoms with Crippen LogP contribution in [0.15, 0.2) is 34.9 Å². The zero-order valence-corrected chi connectivity index (χ0v) is 11.6. The van der Waals surface area contributed by atoms with Crippen LogP contribution in [0.1, 0.15) is 21.8 Å². The van der Waals surface area contributed by atoms with Crippen LogP contribution in [-0.4, -0.2) is 24.0 Å². The molecule has 1 N–H and O–H groups in total. The predicted octanol–water partition coefficient (Wildman–Crippen LogP) is 2.85. The average Bonchev–Trinajstić information content (AvgIpc) is 2.83. The van der Waals surface area contributed by atoms with Crippen molar-refractivity contribution in [2.24, 2.45) is 0 Å². The lowest BCUT2D eigenvalue weighted by Gasteiger charge is -2.09. The van der Waals surface area contributed by atoms with Gasteiger partial charge in [-0.25, -0.2) is 0 Å². The van der Waals surface area contributed by atoms with E-state index in [1.54, 1.807) is 13.0 Å². The fraction of sp³-hybridized carbons (Fsp3) is 0.286. The number of nitrogens with one attached hydrogen (secondary N) is 1. The molecule has 8 heteroatoms. The monoisotopic (exact) mass is 314 g/mol. The molecular formula is C14H13F3N2O3. The predicted molar refractivity (Wildman–Crippen MR) is 70.4 cm³/mol. The fourth-order valence-corrected chi connectivity index (χ4v) is 1.74. The second-order valence-corrected chi connectivity index (χ2v) is 4.51. The number of carbonyl (C=O) groups excluding carboxylic acids is 1. The molecule has 1 aromatic heterocycles. The summed E-state index contributed by atoms with van der Waals surface area (Å²) in [5.41, 5.74) is 0.991. The molecule has 0 saturated carbocycles. The van der Waals surface area contributed by atoms with E-state index in [1.165, 1.54) is 12.1 Å². The summed E-state index contributed by atoms with van der Waals surface area (Å²) in [4.78, 5) is 11.8. The topological polar surface area (TPSA) is 64.4 Å². The number of aromatic nitrogens is 1.